The fraction of sp³-hybridized carbons (Fsp3) is 0.462. The molecule has 5 heteroatoms. The molecule has 0 spiro atoms. The van der Waals surface area contributed by atoms with E-state index in [1.807, 2.05) is 24.3 Å². The Labute approximate surface area is 181 Å². The molecule has 0 aromatic heterocycles. The maximum atomic E-state index is 12.9. The molecule has 5 aliphatic carbocycles. The first kappa shape index (κ1) is 18.9. The number of carbonyl (C=O) groups excluding carboxylic acids is 1. The van der Waals surface area contributed by atoms with E-state index in [4.69, 9.17) is 4.74 Å². The monoisotopic (exact) mass is 417 g/mol. The van der Waals surface area contributed by atoms with E-state index in [9.17, 15) is 14.7 Å². The average molecular weight is 418 g/mol. The van der Waals surface area contributed by atoms with Crippen molar-refractivity contribution in [1.82, 2.24) is 5.32 Å². The van der Waals surface area contributed by atoms with Gasteiger partial charge in [-0.15, -0.1) is 0 Å². The highest BCUT2D eigenvalue weighted by molar-refractivity contribution is 5.86. The SMILES string of the molecule is O=C(NC1(C(=O)O)C2CC3CC(C2)CC1C3)OCC1c2ccccc2-c2ccccc21. The number of alkyl carbamates (subject to hydrolysis) is 1. The fourth-order valence-corrected chi connectivity index (χ4v) is 7.34. The highest BCUT2D eigenvalue weighted by atomic mass is 16.5. The number of hydrogen-bond acceptors (Lipinski definition) is 3. The van der Waals surface area contributed by atoms with Gasteiger partial charge in [-0.25, -0.2) is 9.59 Å². The minimum absolute atomic E-state index is 0.0155. The largest absolute Gasteiger partial charge is 0.479 e. The van der Waals surface area contributed by atoms with Crippen LogP contribution in [0.15, 0.2) is 48.5 Å². The second kappa shape index (κ2) is 6.84. The maximum absolute atomic E-state index is 12.9. The summed E-state index contributed by atoms with van der Waals surface area (Å²) in [5.41, 5.74) is 3.49. The molecule has 2 N–H and O–H groups in total. The molecule has 0 aliphatic heterocycles. The minimum atomic E-state index is -1.17. The molecule has 2 aromatic rings. The molecule has 31 heavy (non-hydrogen) atoms. The normalized spacial score (nSPS) is 32.4. The predicted molar refractivity (Wildman–Crippen MR) is 116 cm³/mol. The molecule has 5 nitrogen and oxygen atoms in total. The van der Waals surface area contributed by atoms with Crippen molar-refractivity contribution < 1.29 is 19.4 Å². The zero-order valence-electron chi connectivity index (χ0n) is 17.4. The number of aliphatic carboxylic acids is 1. The van der Waals surface area contributed by atoms with E-state index >= 15 is 0 Å². The van der Waals surface area contributed by atoms with Crippen molar-refractivity contribution in [3.63, 3.8) is 0 Å². The number of carboxylic acids is 1. The number of fused-ring (bicyclic) bond motifs is 3. The Hall–Kier alpha value is -2.82. The maximum Gasteiger partial charge on any atom is 0.408 e. The van der Waals surface area contributed by atoms with Crippen molar-refractivity contribution in [3.05, 3.63) is 59.7 Å². The number of rotatable bonds is 4. The summed E-state index contributed by atoms with van der Waals surface area (Å²) in [6.07, 6.45) is 4.25. The molecule has 7 rings (SSSR count). The van der Waals surface area contributed by atoms with Crippen molar-refractivity contribution >= 4 is 12.1 Å². The van der Waals surface area contributed by atoms with Crippen LogP contribution in [0.3, 0.4) is 0 Å². The van der Waals surface area contributed by atoms with Crippen molar-refractivity contribution in [3.8, 4) is 11.1 Å². The summed E-state index contributed by atoms with van der Waals surface area (Å²) in [7, 11) is 0. The van der Waals surface area contributed by atoms with Gasteiger partial charge in [-0.05, 0) is 78.0 Å². The third kappa shape index (κ3) is 2.75. The lowest BCUT2D eigenvalue weighted by molar-refractivity contribution is -0.163. The van der Waals surface area contributed by atoms with Gasteiger partial charge in [0.1, 0.15) is 12.1 Å². The molecule has 2 aromatic carbocycles. The van der Waals surface area contributed by atoms with Gasteiger partial charge in [-0.3, -0.25) is 0 Å². The highest BCUT2D eigenvalue weighted by Gasteiger charge is 2.62. The number of amides is 1. The first-order valence-electron chi connectivity index (χ1n) is 11.4. The van der Waals surface area contributed by atoms with Crippen LogP contribution >= 0.6 is 0 Å². The lowest BCUT2D eigenvalue weighted by Gasteiger charge is -2.58. The van der Waals surface area contributed by atoms with Gasteiger partial charge in [0, 0.05) is 5.92 Å². The molecule has 4 bridgehead atoms. The summed E-state index contributed by atoms with van der Waals surface area (Å²) in [6.45, 7) is 0.205. The Bertz CT molecular complexity index is 987. The molecule has 4 fully saturated rings. The van der Waals surface area contributed by atoms with E-state index in [0.717, 1.165) is 36.8 Å². The van der Waals surface area contributed by atoms with Crippen molar-refractivity contribution in [2.24, 2.45) is 23.7 Å². The molecule has 0 saturated heterocycles. The van der Waals surface area contributed by atoms with Gasteiger partial charge >= 0.3 is 12.1 Å². The second-order valence-corrected chi connectivity index (χ2v) is 9.93. The number of benzene rings is 2. The molecule has 0 heterocycles. The van der Waals surface area contributed by atoms with Crippen LogP contribution < -0.4 is 5.32 Å². The van der Waals surface area contributed by atoms with Crippen LogP contribution in [0.5, 0.6) is 0 Å². The molecule has 0 atom stereocenters. The molecule has 4 saturated carbocycles. The van der Waals surface area contributed by atoms with Crippen molar-refractivity contribution in [2.75, 3.05) is 6.61 Å². The van der Waals surface area contributed by atoms with Crippen LogP contribution in [0.2, 0.25) is 0 Å². The fourth-order valence-electron chi connectivity index (χ4n) is 7.34. The molecular weight excluding hydrogens is 390 g/mol. The average Bonchev–Trinajstić information content (AvgIpc) is 3.08. The van der Waals surface area contributed by atoms with Gasteiger partial charge in [0.2, 0.25) is 0 Å². The van der Waals surface area contributed by atoms with Crippen LogP contribution in [0.1, 0.15) is 49.1 Å². The molecule has 160 valence electrons. The summed E-state index contributed by atoms with van der Waals surface area (Å²) in [5.74, 6) is 0.356. The Morgan fingerprint density at radius 2 is 1.39 bits per heavy atom. The number of nitrogens with one attached hydrogen (secondary N) is 1. The quantitative estimate of drug-likeness (QED) is 0.749. The molecule has 0 radical (unpaired) electrons. The second-order valence-electron chi connectivity index (χ2n) is 9.93. The van der Waals surface area contributed by atoms with Crippen LogP contribution in [0, 0.1) is 23.7 Å². The van der Waals surface area contributed by atoms with E-state index < -0.39 is 17.6 Å². The van der Waals surface area contributed by atoms with Gasteiger partial charge in [0.25, 0.3) is 0 Å². The number of ether oxygens (including phenoxy) is 1. The molecule has 5 aliphatic rings. The first-order chi connectivity index (χ1) is 15.1. The van der Waals surface area contributed by atoms with Crippen LogP contribution in [-0.2, 0) is 9.53 Å². The van der Waals surface area contributed by atoms with Gasteiger partial charge in [0.15, 0.2) is 0 Å². The van der Waals surface area contributed by atoms with E-state index in [-0.39, 0.29) is 24.4 Å². The van der Waals surface area contributed by atoms with E-state index in [0.29, 0.717) is 11.8 Å². The smallest absolute Gasteiger partial charge is 0.408 e. The van der Waals surface area contributed by atoms with Gasteiger partial charge in [-0.2, -0.15) is 0 Å². The summed E-state index contributed by atoms with van der Waals surface area (Å²) in [6, 6.07) is 16.4. The zero-order chi connectivity index (χ0) is 21.2. The summed E-state index contributed by atoms with van der Waals surface area (Å²) in [5, 5.41) is 13.1. The standard InChI is InChI=1S/C26H27NO4/c28-24(29)26(17-10-15-9-16(12-17)13-18(26)11-15)27-25(30)31-14-23-21-7-3-1-5-19(21)20-6-2-4-8-22(20)23/h1-8,15-18,23H,9-14H2,(H,27,30)(H,28,29). The summed E-state index contributed by atoms with van der Waals surface area (Å²) >= 11 is 0. The van der Waals surface area contributed by atoms with Crippen LogP contribution in [0.25, 0.3) is 11.1 Å². The van der Waals surface area contributed by atoms with Crippen LogP contribution in [-0.4, -0.2) is 29.3 Å². The van der Waals surface area contributed by atoms with Gasteiger partial charge < -0.3 is 15.2 Å². The van der Waals surface area contributed by atoms with Crippen molar-refractivity contribution in [2.45, 2.75) is 43.6 Å². The van der Waals surface area contributed by atoms with E-state index in [1.165, 1.54) is 17.5 Å². The zero-order valence-corrected chi connectivity index (χ0v) is 17.4. The Balaban J connectivity index is 1.22. The first-order valence-corrected chi connectivity index (χ1v) is 11.4. The molecule has 1 amide bonds. The number of hydrogen-bond donors (Lipinski definition) is 2. The Kier molecular flexibility index (Phi) is 4.17. The van der Waals surface area contributed by atoms with E-state index in [1.54, 1.807) is 0 Å². The third-order valence-electron chi connectivity index (χ3n) is 8.43. The van der Waals surface area contributed by atoms with Gasteiger partial charge in [-0.1, -0.05) is 48.5 Å². The Morgan fingerprint density at radius 3 is 1.90 bits per heavy atom. The molecular formula is C26H27NO4. The topological polar surface area (TPSA) is 75.6 Å². The lowest BCUT2D eigenvalue weighted by Crippen LogP contribution is -2.70. The predicted octanol–water partition coefficient (Wildman–Crippen LogP) is 4.80. The number of carbonyl (C=O) groups is 2. The molecule has 0 unspecified atom stereocenters. The minimum Gasteiger partial charge on any atom is -0.479 e. The van der Waals surface area contributed by atoms with Crippen molar-refractivity contribution in [1.29, 1.82) is 0 Å². The summed E-state index contributed by atoms with van der Waals surface area (Å²) < 4.78 is 5.71. The summed E-state index contributed by atoms with van der Waals surface area (Å²) in [4.78, 5) is 25.4. The number of carboxylic acid groups (broad SMARTS) is 1. The third-order valence-corrected chi connectivity index (χ3v) is 8.43. The van der Waals surface area contributed by atoms with Crippen LogP contribution in [0.4, 0.5) is 4.79 Å². The van der Waals surface area contributed by atoms with E-state index in [2.05, 4.69) is 29.6 Å². The Morgan fingerprint density at radius 1 is 0.871 bits per heavy atom. The van der Waals surface area contributed by atoms with Gasteiger partial charge in [0.05, 0.1) is 0 Å². The lowest BCUT2D eigenvalue weighted by atomic mass is 9.48. The highest BCUT2D eigenvalue weighted by Crippen LogP contribution is 2.58.